The van der Waals surface area contributed by atoms with Gasteiger partial charge in [0.05, 0.1) is 8.95 Å². The van der Waals surface area contributed by atoms with E-state index in [1.54, 1.807) is 18.2 Å². The zero-order chi connectivity index (χ0) is 15.4. The van der Waals surface area contributed by atoms with E-state index in [2.05, 4.69) is 31.9 Å². The third kappa shape index (κ3) is 4.44. The number of carbonyl (C=O) groups is 1. The van der Waals surface area contributed by atoms with Gasteiger partial charge in [-0.1, -0.05) is 12.1 Å². The molecule has 0 aliphatic heterocycles. The topological polar surface area (TPSA) is 46.5 Å². The summed E-state index contributed by atoms with van der Waals surface area (Å²) in [5.41, 5.74) is 1.92. The summed E-state index contributed by atoms with van der Waals surface area (Å²) in [5.74, 6) is 0.400. The molecule has 0 bridgehead atoms. The number of rotatable bonds is 4. The van der Waals surface area contributed by atoms with Gasteiger partial charge in [0.15, 0.2) is 0 Å². The highest BCUT2D eigenvalue weighted by Gasteiger charge is 2.06. The van der Waals surface area contributed by atoms with Gasteiger partial charge >= 0.3 is 5.97 Å². The highest BCUT2D eigenvalue weighted by Crippen LogP contribution is 2.34. The van der Waals surface area contributed by atoms with Gasteiger partial charge in [0.25, 0.3) is 0 Å². The van der Waals surface area contributed by atoms with E-state index in [4.69, 9.17) is 9.84 Å². The Bertz CT molecular complexity index is 709. The third-order valence-corrected chi connectivity index (χ3v) is 3.92. The van der Waals surface area contributed by atoms with Crippen LogP contribution >= 0.6 is 31.9 Å². The smallest absolute Gasteiger partial charge is 0.328 e. The summed E-state index contributed by atoms with van der Waals surface area (Å²) in [6.45, 7) is 2.01. The fourth-order valence-corrected chi connectivity index (χ4v) is 2.73. The predicted molar refractivity (Wildman–Crippen MR) is 89.8 cm³/mol. The van der Waals surface area contributed by atoms with Gasteiger partial charge in [0, 0.05) is 6.08 Å². The van der Waals surface area contributed by atoms with Crippen LogP contribution in [0.4, 0.5) is 0 Å². The van der Waals surface area contributed by atoms with Gasteiger partial charge < -0.3 is 9.84 Å². The van der Waals surface area contributed by atoms with Crippen molar-refractivity contribution >= 4 is 43.9 Å². The first-order valence-corrected chi connectivity index (χ1v) is 7.69. The number of carboxylic acid groups (broad SMARTS) is 1. The average molecular weight is 412 g/mol. The second kappa shape index (κ2) is 6.91. The zero-order valence-corrected chi connectivity index (χ0v) is 14.3. The molecule has 3 nitrogen and oxygen atoms in total. The van der Waals surface area contributed by atoms with Crippen molar-refractivity contribution in [2.24, 2.45) is 0 Å². The lowest BCUT2D eigenvalue weighted by Crippen LogP contribution is -1.89. The molecule has 0 unspecified atom stereocenters. The van der Waals surface area contributed by atoms with Crippen molar-refractivity contribution in [1.29, 1.82) is 0 Å². The molecule has 0 aliphatic rings. The van der Waals surface area contributed by atoms with Gasteiger partial charge in [-0.3, -0.25) is 0 Å². The van der Waals surface area contributed by atoms with Gasteiger partial charge in [-0.25, -0.2) is 4.79 Å². The van der Waals surface area contributed by atoms with E-state index < -0.39 is 5.97 Å². The van der Waals surface area contributed by atoms with Crippen LogP contribution < -0.4 is 4.74 Å². The molecule has 0 radical (unpaired) electrons. The monoisotopic (exact) mass is 410 g/mol. The van der Waals surface area contributed by atoms with Crippen LogP contribution in [0.5, 0.6) is 11.5 Å². The molecule has 2 aromatic rings. The van der Waals surface area contributed by atoms with Crippen molar-refractivity contribution in [3.8, 4) is 11.5 Å². The van der Waals surface area contributed by atoms with Crippen LogP contribution in [0.3, 0.4) is 0 Å². The van der Waals surface area contributed by atoms with E-state index in [1.807, 2.05) is 25.1 Å². The van der Waals surface area contributed by atoms with Crippen LogP contribution in [0.1, 0.15) is 11.1 Å². The molecule has 0 fully saturated rings. The van der Waals surface area contributed by atoms with E-state index >= 15 is 0 Å². The minimum absolute atomic E-state index is 0.659. The minimum Gasteiger partial charge on any atom is -0.478 e. The molecular formula is C16H12Br2O3. The van der Waals surface area contributed by atoms with E-state index in [9.17, 15) is 4.79 Å². The summed E-state index contributed by atoms with van der Waals surface area (Å²) < 4.78 is 7.47. The SMILES string of the molecule is Cc1ccc(Oc2ccc(/C=C/C(=O)O)cc2Br)c(Br)c1. The molecule has 2 rings (SSSR count). The van der Waals surface area contributed by atoms with Crippen molar-refractivity contribution in [3.05, 3.63) is 62.5 Å². The molecule has 108 valence electrons. The summed E-state index contributed by atoms with van der Waals surface area (Å²) in [7, 11) is 0. The lowest BCUT2D eigenvalue weighted by molar-refractivity contribution is -0.131. The van der Waals surface area contributed by atoms with E-state index in [-0.39, 0.29) is 0 Å². The maximum Gasteiger partial charge on any atom is 0.328 e. The third-order valence-electron chi connectivity index (χ3n) is 2.68. The first-order chi connectivity index (χ1) is 9.95. The summed E-state index contributed by atoms with van der Waals surface area (Å²) in [5, 5.41) is 8.62. The van der Waals surface area contributed by atoms with Gasteiger partial charge in [0.2, 0.25) is 0 Å². The molecule has 0 saturated carbocycles. The van der Waals surface area contributed by atoms with Crippen molar-refractivity contribution in [3.63, 3.8) is 0 Å². The number of halogens is 2. The Balaban J connectivity index is 2.23. The Morgan fingerprint density at radius 1 is 1.10 bits per heavy atom. The second-order valence-electron chi connectivity index (χ2n) is 4.40. The van der Waals surface area contributed by atoms with Crippen LogP contribution in [0.15, 0.2) is 51.4 Å². The van der Waals surface area contributed by atoms with E-state index in [1.165, 1.54) is 6.08 Å². The van der Waals surface area contributed by atoms with Gasteiger partial charge in [-0.15, -0.1) is 0 Å². The van der Waals surface area contributed by atoms with Gasteiger partial charge in [-0.05, 0) is 80.3 Å². The molecule has 5 heteroatoms. The molecule has 0 saturated heterocycles. The summed E-state index contributed by atoms with van der Waals surface area (Å²) in [6, 6.07) is 11.2. The predicted octanol–water partition coefficient (Wildman–Crippen LogP) is 5.41. The number of ether oxygens (including phenoxy) is 1. The highest BCUT2D eigenvalue weighted by atomic mass is 79.9. The summed E-state index contributed by atoms with van der Waals surface area (Å²) >= 11 is 6.90. The zero-order valence-electron chi connectivity index (χ0n) is 11.1. The molecular weight excluding hydrogens is 400 g/mol. The van der Waals surface area contributed by atoms with Gasteiger partial charge in [0.1, 0.15) is 11.5 Å². The average Bonchev–Trinajstić information content (AvgIpc) is 2.42. The number of aliphatic carboxylic acids is 1. The Hall–Kier alpha value is -1.59. The molecule has 0 aromatic heterocycles. The molecule has 0 atom stereocenters. The van der Waals surface area contributed by atoms with Crippen LogP contribution in [0, 0.1) is 6.92 Å². The van der Waals surface area contributed by atoms with E-state index in [0.29, 0.717) is 5.75 Å². The molecule has 1 N–H and O–H groups in total. The first-order valence-electron chi connectivity index (χ1n) is 6.10. The minimum atomic E-state index is -0.977. The van der Waals surface area contributed by atoms with Crippen molar-refractivity contribution in [2.45, 2.75) is 6.92 Å². The van der Waals surface area contributed by atoms with Crippen LogP contribution in [0.25, 0.3) is 6.08 Å². The number of aryl methyl sites for hydroxylation is 1. The maximum absolute atomic E-state index is 10.5. The Labute approximate surface area is 139 Å². The lowest BCUT2D eigenvalue weighted by atomic mass is 10.2. The lowest BCUT2D eigenvalue weighted by Gasteiger charge is -2.10. The maximum atomic E-state index is 10.5. The number of hydrogen-bond acceptors (Lipinski definition) is 2. The van der Waals surface area contributed by atoms with Gasteiger partial charge in [-0.2, -0.15) is 0 Å². The molecule has 2 aromatic carbocycles. The quantitative estimate of drug-likeness (QED) is 0.684. The number of benzene rings is 2. The van der Waals surface area contributed by atoms with Crippen molar-refractivity contribution in [1.82, 2.24) is 0 Å². The second-order valence-corrected chi connectivity index (χ2v) is 6.11. The normalized spacial score (nSPS) is 10.8. The number of carboxylic acids is 1. The molecule has 0 amide bonds. The molecule has 21 heavy (non-hydrogen) atoms. The standard InChI is InChI=1S/C16H12Br2O3/c1-10-2-5-14(12(17)8-10)21-15-6-3-11(9-13(15)18)4-7-16(19)20/h2-9H,1H3,(H,19,20)/b7-4+. The Morgan fingerprint density at radius 2 is 1.71 bits per heavy atom. The van der Waals surface area contributed by atoms with Crippen LogP contribution in [-0.4, -0.2) is 11.1 Å². The van der Waals surface area contributed by atoms with Crippen LogP contribution in [0.2, 0.25) is 0 Å². The molecule has 0 aliphatic carbocycles. The first kappa shape index (κ1) is 15.8. The largest absolute Gasteiger partial charge is 0.478 e. The summed E-state index contributed by atoms with van der Waals surface area (Å²) in [4.78, 5) is 10.5. The van der Waals surface area contributed by atoms with Crippen molar-refractivity contribution < 1.29 is 14.6 Å². The Kier molecular flexibility index (Phi) is 5.20. The molecule has 0 heterocycles. The Morgan fingerprint density at radius 3 is 2.29 bits per heavy atom. The number of hydrogen-bond donors (Lipinski definition) is 1. The van der Waals surface area contributed by atoms with Crippen molar-refractivity contribution in [2.75, 3.05) is 0 Å². The van der Waals surface area contributed by atoms with Crippen LogP contribution in [-0.2, 0) is 4.79 Å². The summed E-state index contributed by atoms with van der Waals surface area (Å²) in [6.07, 6.45) is 2.62. The highest BCUT2D eigenvalue weighted by molar-refractivity contribution is 9.11. The molecule has 0 spiro atoms. The fourth-order valence-electron chi connectivity index (χ4n) is 1.68. The fraction of sp³-hybridized carbons (Fsp3) is 0.0625. The van der Waals surface area contributed by atoms with E-state index in [0.717, 1.165) is 31.9 Å².